The minimum atomic E-state index is -0.571. The van der Waals surface area contributed by atoms with E-state index in [0.717, 1.165) is 6.42 Å². The van der Waals surface area contributed by atoms with Crippen LogP contribution in [0.3, 0.4) is 0 Å². The summed E-state index contributed by atoms with van der Waals surface area (Å²) in [5.74, 6) is 1.09. The standard InChI is InChI=1S/C15H20N4O5/c1-5-6-19-14(16-17-18-19)9-24-15(20)10-7-12(22-3)13(23-4)8-11(10)21-2/h7-8H,5-6,9H2,1-4H3. The van der Waals surface area contributed by atoms with Gasteiger partial charge in [-0.1, -0.05) is 6.92 Å². The number of rotatable bonds is 8. The summed E-state index contributed by atoms with van der Waals surface area (Å²) in [6, 6.07) is 3.07. The van der Waals surface area contributed by atoms with Crippen molar-refractivity contribution in [3.05, 3.63) is 23.5 Å². The molecule has 0 aliphatic rings. The lowest BCUT2D eigenvalue weighted by molar-refractivity contribution is 0.0452. The molecular weight excluding hydrogens is 316 g/mol. The first kappa shape index (κ1) is 17.5. The van der Waals surface area contributed by atoms with Crippen molar-refractivity contribution in [2.45, 2.75) is 26.5 Å². The number of nitrogens with zero attached hydrogens (tertiary/aromatic N) is 4. The summed E-state index contributed by atoms with van der Waals surface area (Å²) in [5, 5.41) is 11.3. The Hall–Kier alpha value is -2.84. The van der Waals surface area contributed by atoms with Gasteiger partial charge < -0.3 is 18.9 Å². The van der Waals surface area contributed by atoms with Crippen LogP contribution in [-0.4, -0.2) is 47.5 Å². The zero-order valence-electron chi connectivity index (χ0n) is 14.1. The van der Waals surface area contributed by atoms with Crippen LogP contribution < -0.4 is 14.2 Å². The van der Waals surface area contributed by atoms with Crippen LogP contribution in [0.15, 0.2) is 12.1 Å². The van der Waals surface area contributed by atoms with Gasteiger partial charge in [0.1, 0.15) is 11.3 Å². The summed E-state index contributed by atoms with van der Waals surface area (Å²) in [4.78, 5) is 12.4. The molecule has 0 atom stereocenters. The van der Waals surface area contributed by atoms with Crippen LogP contribution in [-0.2, 0) is 17.9 Å². The molecule has 0 bridgehead atoms. The van der Waals surface area contributed by atoms with Crippen LogP contribution in [0.25, 0.3) is 0 Å². The topological polar surface area (TPSA) is 97.6 Å². The number of esters is 1. The molecule has 0 saturated heterocycles. The number of carbonyl (C=O) groups excluding carboxylic acids is 1. The van der Waals surface area contributed by atoms with Gasteiger partial charge in [-0.2, -0.15) is 0 Å². The average Bonchev–Trinajstić information content (AvgIpc) is 3.05. The zero-order valence-corrected chi connectivity index (χ0v) is 14.1. The third kappa shape index (κ3) is 3.73. The molecule has 24 heavy (non-hydrogen) atoms. The fourth-order valence-corrected chi connectivity index (χ4v) is 2.11. The zero-order chi connectivity index (χ0) is 17.5. The van der Waals surface area contributed by atoms with Gasteiger partial charge in [-0.3, -0.25) is 0 Å². The molecule has 0 N–H and O–H groups in total. The summed E-state index contributed by atoms with van der Waals surface area (Å²) in [5.41, 5.74) is 0.227. The van der Waals surface area contributed by atoms with Crippen LogP contribution in [0, 0.1) is 0 Å². The number of carbonyl (C=O) groups is 1. The maximum absolute atomic E-state index is 12.4. The van der Waals surface area contributed by atoms with E-state index in [1.807, 2.05) is 6.92 Å². The largest absolute Gasteiger partial charge is 0.496 e. The van der Waals surface area contributed by atoms with Gasteiger partial charge in [0, 0.05) is 18.7 Å². The van der Waals surface area contributed by atoms with Crippen molar-refractivity contribution in [1.29, 1.82) is 0 Å². The second kappa shape index (κ2) is 8.14. The molecule has 0 saturated carbocycles. The van der Waals surface area contributed by atoms with Crippen LogP contribution in [0.2, 0.25) is 0 Å². The van der Waals surface area contributed by atoms with Crippen molar-refractivity contribution in [3.8, 4) is 17.2 Å². The second-order valence-electron chi connectivity index (χ2n) is 4.80. The van der Waals surface area contributed by atoms with E-state index in [1.165, 1.54) is 27.4 Å². The number of ether oxygens (including phenoxy) is 4. The normalized spacial score (nSPS) is 10.3. The monoisotopic (exact) mass is 336 g/mol. The number of tetrazole rings is 1. The molecule has 0 aliphatic heterocycles. The van der Waals surface area contributed by atoms with Gasteiger partial charge in [0.2, 0.25) is 0 Å². The van der Waals surface area contributed by atoms with E-state index in [0.29, 0.717) is 29.6 Å². The number of methoxy groups -OCH3 is 3. The van der Waals surface area contributed by atoms with E-state index in [-0.39, 0.29) is 12.2 Å². The first-order valence-corrected chi connectivity index (χ1v) is 7.36. The number of aryl methyl sites for hydroxylation is 1. The Morgan fingerprint density at radius 3 is 2.38 bits per heavy atom. The summed E-state index contributed by atoms with van der Waals surface area (Å²) in [6.45, 7) is 2.62. The van der Waals surface area contributed by atoms with Gasteiger partial charge in [-0.05, 0) is 16.8 Å². The highest BCUT2D eigenvalue weighted by atomic mass is 16.5. The molecule has 0 fully saturated rings. The average molecular weight is 336 g/mol. The fourth-order valence-electron chi connectivity index (χ4n) is 2.11. The van der Waals surface area contributed by atoms with Crippen LogP contribution in [0.5, 0.6) is 17.2 Å². The molecule has 0 aliphatic carbocycles. The van der Waals surface area contributed by atoms with Crippen molar-refractivity contribution in [2.24, 2.45) is 0 Å². The number of benzene rings is 1. The quantitative estimate of drug-likeness (QED) is 0.668. The van der Waals surface area contributed by atoms with Crippen molar-refractivity contribution < 1.29 is 23.7 Å². The first-order valence-electron chi connectivity index (χ1n) is 7.36. The molecule has 1 aromatic heterocycles. The molecule has 1 heterocycles. The van der Waals surface area contributed by atoms with E-state index in [4.69, 9.17) is 18.9 Å². The van der Waals surface area contributed by atoms with Gasteiger partial charge in [0.15, 0.2) is 23.9 Å². The lowest BCUT2D eigenvalue weighted by Crippen LogP contribution is -2.12. The molecule has 9 nitrogen and oxygen atoms in total. The third-order valence-electron chi connectivity index (χ3n) is 3.30. The van der Waals surface area contributed by atoms with Gasteiger partial charge >= 0.3 is 5.97 Å². The maximum Gasteiger partial charge on any atom is 0.342 e. The first-order chi connectivity index (χ1) is 11.6. The van der Waals surface area contributed by atoms with E-state index in [9.17, 15) is 4.79 Å². The van der Waals surface area contributed by atoms with E-state index in [2.05, 4.69) is 15.5 Å². The van der Waals surface area contributed by atoms with Crippen LogP contribution in [0.1, 0.15) is 29.5 Å². The number of hydrogen-bond donors (Lipinski definition) is 0. The Bertz CT molecular complexity index is 701. The molecule has 2 aromatic rings. The van der Waals surface area contributed by atoms with Crippen molar-refractivity contribution in [3.63, 3.8) is 0 Å². The fraction of sp³-hybridized carbons (Fsp3) is 0.467. The molecular formula is C15H20N4O5. The molecule has 2 rings (SSSR count). The van der Waals surface area contributed by atoms with Gasteiger partial charge in [-0.15, -0.1) is 5.10 Å². The van der Waals surface area contributed by atoms with Crippen LogP contribution in [0.4, 0.5) is 0 Å². The molecule has 1 aromatic carbocycles. The Labute approximate surface area is 139 Å². The lowest BCUT2D eigenvalue weighted by Gasteiger charge is -2.13. The number of aromatic nitrogens is 4. The Morgan fingerprint density at radius 2 is 1.75 bits per heavy atom. The summed E-state index contributed by atoms with van der Waals surface area (Å²) >= 11 is 0. The van der Waals surface area contributed by atoms with Crippen LogP contribution >= 0.6 is 0 Å². The molecule has 0 amide bonds. The van der Waals surface area contributed by atoms with Crippen molar-refractivity contribution in [2.75, 3.05) is 21.3 Å². The Kier molecular flexibility index (Phi) is 5.94. The molecule has 0 unspecified atom stereocenters. The number of hydrogen-bond acceptors (Lipinski definition) is 8. The molecule has 0 radical (unpaired) electrons. The Morgan fingerprint density at radius 1 is 1.08 bits per heavy atom. The van der Waals surface area contributed by atoms with Crippen molar-refractivity contribution >= 4 is 5.97 Å². The predicted octanol–water partition coefficient (Wildman–Crippen LogP) is 1.47. The minimum absolute atomic E-state index is 0.0384. The smallest absolute Gasteiger partial charge is 0.342 e. The highest BCUT2D eigenvalue weighted by molar-refractivity contribution is 5.93. The third-order valence-corrected chi connectivity index (χ3v) is 3.30. The summed E-state index contributed by atoms with van der Waals surface area (Å²) in [6.07, 6.45) is 0.871. The second-order valence-corrected chi connectivity index (χ2v) is 4.80. The van der Waals surface area contributed by atoms with Crippen molar-refractivity contribution in [1.82, 2.24) is 20.2 Å². The predicted molar refractivity (Wildman–Crippen MR) is 83.3 cm³/mol. The summed E-state index contributed by atoms with van der Waals surface area (Å²) < 4.78 is 22.5. The van der Waals surface area contributed by atoms with Gasteiger partial charge in [-0.25, -0.2) is 9.48 Å². The highest BCUT2D eigenvalue weighted by Crippen LogP contribution is 2.34. The molecule has 9 heteroatoms. The molecule has 130 valence electrons. The lowest BCUT2D eigenvalue weighted by atomic mass is 10.1. The van der Waals surface area contributed by atoms with Gasteiger partial charge in [0.25, 0.3) is 0 Å². The van der Waals surface area contributed by atoms with Gasteiger partial charge in [0.05, 0.1) is 21.3 Å². The van der Waals surface area contributed by atoms with E-state index in [1.54, 1.807) is 10.7 Å². The SMILES string of the molecule is CCCn1nnnc1COC(=O)c1cc(OC)c(OC)cc1OC. The minimum Gasteiger partial charge on any atom is -0.496 e. The Balaban J connectivity index is 2.18. The maximum atomic E-state index is 12.4. The highest BCUT2D eigenvalue weighted by Gasteiger charge is 2.20. The summed E-state index contributed by atoms with van der Waals surface area (Å²) in [7, 11) is 4.45. The molecule has 0 spiro atoms. The van der Waals surface area contributed by atoms with E-state index >= 15 is 0 Å². The van der Waals surface area contributed by atoms with E-state index < -0.39 is 5.97 Å².